The Morgan fingerprint density at radius 2 is 1.63 bits per heavy atom. The molecule has 138 valence electrons. The highest BCUT2D eigenvalue weighted by molar-refractivity contribution is 6.46. The number of benzene rings is 2. The molecule has 2 aromatic carbocycles. The molecule has 0 fully saturated rings. The van der Waals surface area contributed by atoms with Crippen LogP contribution in [0.5, 0.6) is 11.8 Å². The molecule has 8 heteroatoms. The predicted octanol–water partition coefficient (Wildman–Crippen LogP) is 6.10. The molecule has 1 N–H and O–H groups in total. The molecule has 0 unspecified atom stereocenters. The first kappa shape index (κ1) is 19.4. The molecule has 1 heterocycles. The first-order valence-corrected chi connectivity index (χ1v) is 9.02. The normalized spacial score (nSPS) is 10.6. The van der Waals surface area contributed by atoms with Crippen molar-refractivity contribution in [2.24, 2.45) is 0 Å². The Morgan fingerprint density at radius 1 is 0.963 bits per heavy atom. The molecule has 1 amide bonds. The summed E-state index contributed by atoms with van der Waals surface area (Å²) in [5, 5.41) is 3.28. The van der Waals surface area contributed by atoms with Crippen LogP contribution >= 0.6 is 34.8 Å². The number of hydrogen-bond acceptors (Lipinski definition) is 4. The van der Waals surface area contributed by atoms with Crippen LogP contribution in [-0.2, 0) is 0 Å². The highest BCUT2D eigenvalue weighted by Gasteiger charge is 2.17. The third kappa shape index (κ3) is 4.69. The minimum Gasteiger partial charge on any atom is -0.424 e. The molecule has 0 aliphatic carbocycles. The van der Waals surface area contributed by atoms with Crippen LogP contribution in [0.3, 0.4) is 0 Å². The van der Waals surface area contributed by atoms with Gasteiger partial charge in [-0.15, -0.1) is 0 Å². The van der Waals surface area contributed by atoms with Gasteiger partial charge in [-0.05, 0) is 44.2 Å². The molecular weight excluding hydrogens is 409 g/mol. The SMILES string of the molecule is Cc1cc(C)nc(Oc2cccc(NC(=O)c3c(Cl)ccc(Cl)c3Cl)c2)n1. The molecule has 0 aliphatic rings. The van der Waals surface area contributed by atoms with E-state index in [1.165, 1.54) is 12.1 Å². The molecule has 0 spiro atoms. The van der Waals surface area contributed by atoms with Crippen molar-refractivity contribution >= 4 is 46.4 Å². The van der Waals surface area contributed by atoms with E-state index in [1.807, 2.05) is 19.9 Å². The lowest BCUT2D eigenvalue weighted by Gasteiger charge is -2.11. The lowest BCUT2D eigenvalue weighted by atomic mass is 10.2. The van der Waals surface area contributed by atoms with Gasteiger partial charge in [0.05, 0.1) is 20.6 Å². The Hall–Kier alpha value is -2.34. The van der Waals surface area contributed by atoms with E-state index in [2.05, 4.69) is 15.3 Å². The lowest BCUT2D eigenvalue weighted by Crippen LogP contribution is -2.13. The van der Waals surface area contributed by atoms with Crippen molar-refractivity contribution in [1.29, 1.82) is 0 Å². The summed E-state index contributed by atoms with van der Waals surface area (Å²) in [7, 11) is 0. The number of ether oxygens (including phenoxy) is 1. The summed E-state index contributed by atoms with van der Waals surface area (Å²) in [6.07, 6.45) is 0. The molecular formula is C19H14Cl3N3O2. The van der Waals surface area contributed by atoms with Crippen LogP contribution in [0.25, 0.3) is 0 Å². The Labute approximate surface area is 171 Å². The molecule has 0 radical (unpaired) electrons. The van der Waals surface area contributed by atoms with Crippen LogP contribution in [-0.4, -0.2) is 15.9 Å². The second kappa shape index (κ2) is 8.13. The number of halogens is 3. The summed E-state index contributed by atoms with van der Waals surface area (Å²) in [6.45, 7) is 3.72. The maximum Gasteiger partial charge on any atom is 0.322 e. The van der Waals surface area contributed by atoms with Crippen LogP contribution in [0.4, 0.5) is 5.69 Å². The first-order chi connectivity index (χ1) is 12.8. The molecule has 1 aromatic heterocycles. The second-order valence-electron chi connectivity index (χ2n) is 5.74. The van der Waals surface area contributed by atoms with E-state index in [-0.39, 0.29) is 26.6 Å². The molecule has 3 rings (SSSR count). The molecule has 0 aliphatic heterocycles. The third-order valence-corrected chi connectivity index (χ3v) is 4.65. The van der Waals surface area contributed by atoms with Crippen molar-refractivity contribution in [3.63, 3.8) is 0 Å². The fourth-order valence-electron chi connectivity index (χ4n) is 2.41. The van der Waals surface area contributed by atoms with E-state index in [4.69, 9.17) is 39.5 Å². The van der Waals surface area contributed by atoms with Crippen LogP contribution in [0, 0.1) is 13.8 Å². The van der Waals surface area contributed by atoms with Crippen molar-refractivity contribution in [1.82, 2.24) is 9.97 Å². The van der Waals surface area contributed by atoms with E-state index >= 15 is 0 Å². The number of carbonyl (C=O) groups excluding carboxylic acids is 1. The van der Waals surface area contributed by atoms with Crippen LogP contribution in [0.15, 0.2) is 42.5 Å². The summed E-state index contributed by atoms with van der Waals surface area (Å²) in [4.78, 5) is 21.0. The van der Waals surface area contributed by atoms with Gasteiger partial charge in [0.2, 0.25) is 0 Å². The molecule has 0 atom stereocenters. The predicted molar refractivity (Wildman–Crippen MR) is 107 cm³/mol. The van der Waals surface area contributed by atoms with Crippen molar-refractivity contribution in [2.75, 3.05) is 5.32 Å². The number of rotatable bonds is 4. The molecule has 5 nitrogen and oxygen atoms in total. The number of nitrogens with zero attached hydrogens (tertiary/aromatic N) is 2. The quantitative estimate of drug-likeness (QED) is 0.516. The van der Waals surface area contributed by atoms with E-state index in [0.717, 1.165) is 11.4 Å². The first-order valence-electron chi connectivity index (χ1n) is 7.88. The number of hydrogen-bond donors (Lipinski definition) is 1. The second-order valence-corrected chi connectivity index (χ2v) is 6.93. The zero-order valence-corrected chi connectivity index (χ0v) is 16.7. The van der Waals surface area contributed by atoms with Gasteiger partial charge in [-0.2, -0.15) is 0 Å². The van der Waals surface area contributed by atoms with Crippen LogP contribution in [0.1, 0.15) is 21.7 Å². The molecule has 0 saturated heterocycles. The smallest absolute Gasteiger partial charge is 0.322 e. The molecule has 27 heavy (non-hydrogen) atoms. The van der Waals surface area contributed by atoms with Gasteiger partial charge in [0.15, 0.2) is 0 Å². The van der Waals surface area contributed by atoms with Gasteiger partial charge < -0.3 is 10.1 Å². The zero-order valence-electron chi connectivity index (χ0n) is 14.4. The minimum absolute atomic E-state index is 0.0951. The fraction of sp³-hybridized carbons (Fsp3) is 0.105. The number of amides is 1. The van der Waals surface area contributed by atoms with Crippen molar-refractivity contribution in [3.8, 4) is 11.8 Å². The highest BCUT2D eigenvalue weighted by atomic mass is 35.5. The molecule has 3 aromatic rings. The summed E-state index contributed by atoms with van der Waals surface area (Å²) in [5.74, 6) is -0.00612. The van der Waals surface area contributed by atoms with Gasteiger partial charge in [0.1, 0.15) is 5.75 Å². The Balaban J connectivity index is 1.82. The maximum absolute atomic E-state index is 12.6. The molecule has 0 saturated carbocycles. The Bertz CT molecular complexity index is 1000. The standard InChI is InChI=1S/C19H14Cl3N3O2/c1-10-8-11(2)24-19(23-10)27-13-5-3-4-12(9-13)25-18(26)16-14(20)6-7-15(21)17(16)22/h3-9H,1-2H3,(H,25,26). The summed E-state index contributed by atoms with van der Waals surface area (Å²) in [5.41, 5.74) is 2.20. The number of aryl methyl sites for hydroxylation is 2. The van der Waals surface area contributed by atoms with Crippen molar-refractivity contribution < 1.29 is 9.53 Å². The van der Waals surface area contributed by atoms with Gasteiger partial charge in [-0.1, -0.05) is 40.9 Å². The van der Waals surface area contributed by atoms with Crippen LogP contribution in [0.2, 0.25) is 15.1 Å². The average molecular weight is 423 g/mol. The zero-order chi connectivity index (χ0) is 19.6. The average Bonchev–Trinajstić information content (AvgIpc) is 2.58. The molecule has 0 bridgehead atoms. The van der Waals surface area contributed by atoms with Crippen molar-refractivity contribution in [2.45, 2.75) is 13.8 Å². The summed E-state index contributed by atoms with van der Waals surface area (Å²) in [6, 6.07) is 11.9. The van der Waals surface area contributed by atoms with Gasteiger partial charge in [0.25, 0.3) is 5.91 Å². The number of nitrogens with one attached hydrogen (secondary N) is 1. The number of aromatic nitrogens is 2. The topological polar surface area (TPSA) is 64.1 Å². The van der Waals surface area contributed by atoms with Gasteiger partial charge in [-0.3, -0.25) is 4.79 Å². The highest BCUT2D eigenvalue weighted by Crippen LogP contribution is 2.32. The van der Waals surface area contributed by atoms with Gasteiger partial charge >= 0.3 is 6.01 Å². The minimum atomic E-state index is -0.479. The summed E-state index contributed by atoms with van der Waals surface area (Å²) >= 11 is 18.2. The van der Waals surface area contributed by atoms with E-state index in [0.29, 0.717) is 11.4 Å². The van der Waals surface area contributed by atoms with E-state index < -0.39 is 5.91 Å². The van der Waals surface area contributed by atoms with Crippen LogP contribution < -0.4 is 10.1 Å². The lowest BCUT2D eigenvalue weighted by molar-refractivity contribution is 0.102. The van der Waals surface area contributed by atoms with Gasteiger partial charge in [-0.25, -0.2) is 9.97 Å². The Morgan fingerprint density at radius 3 is 2.33 bits per heavy atom. The van der Waals surface area contributed by atoms with Crippen molar-refractivity contribution in [3.05, 3.63) is 74.5 Å². The van der Waals surface area contributed by atoms with Gasteiger partial charge in [0, 0.05) is 23.1 Å². The summed E-state index contributed by atoms with van der Waals surface area (Å²) < 4.78 is 5.69. The largest absolute Gasteiger partial charge is 0.424 e. The number of anilines is 1. The maximum atomic E-state index is 12.6. The van der Waals surface area contributed by atoms with E-state index in [9.17, 15) is 4.79 Å². The monoisotopic (exact) mass is 421 g/mol. The Kier molecular flexibility index (Phi) is 5.85. The van der Waals surface area contributed by atoms with E-state index in [1.54, 1.807) is 24.3 Å². The number of carbonyl (C=O) groups is 1. The fourth-order valence-corrected chi connectivity index (χ4v) is 3.11. The third-order valence-electron chi connectivity index (χ3n) is 3.53.